The fourth-order valence-electron chi connectivity index (χ4n) is 1.16. The molecule has 0 radical (unpaired) electrons. The highest BCUT2D eigenvalue weighted by Crippen LogP contribution is 2.10. The van der Waals surface area contributed by atoms with Crippen molar-refractivity contribution in [2.45, 2.75) is 6.42 Å². The van der Waals surface area contributed by atoms with E-state index in [0.29, 0.717) is 13.0 Å². The molecule has 1 aromatic rings. The van der Waals surface area contributed by atoms with Crippen LogP contribution in [0, 0.1) is 0 Å². The summed E-state index contributed by atoms with van der Waals surface area (Å²) in [4.78, 5) is 15.0. The minimum Gasteiger partial charge on any atom is -0.273 e. The Balaban J connectivity index is 2.16. The first-order valence-corrected chi connectivity index (χ1v) is 3.84. The predicted octanol–water partition coefficient (Wildman–Crippen LogP) is 0.323. The van der Waals surface area contributed by atoms with Gasteiger partial charge in [0.1, 0.15) is 5.82 Å². The minimum atomic E-state index is 0.0562. The number of carbonyl (C=O) groups is 1. The predicted molar refractivity (Wildman–Crippen MR) is 44.3 cm³/mol. The number of nitrogens with one attached hydrogen (secondary N) is 1. The molecule has 0 aromatic carbocycles. The standard InChI is InChI=1S/C8H9N3O/c12-8-4-6-11(10-8)7-3-1-2-5-9-7/h1-3,5H,4,6H2,(H,10,12). The van der Waals surface area contributed by atoms with Gasteiger partial charge in [-0.25, -0.2) is 4.98 Å². The Morgan fingerprint density at radius 1 is 1.50 bits per heavy atom. The van der Waals surface area contributed by atoms with E-state index in [1.165, 1.54) is 0 Å². The molecule has 12 heavy (non-hydrogen) atoms. The zero-order valence-corrected chi connectivity index (χ0v) is 6.53. The number of aromatic nitrogens is 1. The van der Waals surface area contributed by atoms with Gasteiger partial charge in [-0.05, 0) is 12.1 Å². The van der Waals surface area contributed by atoms with Gasteiger partial charge in [0, 0.05) is 19.2 Å². The number of hydrogen-bond donors (Lipinski definition) is 1. The number of rotatable bonds is 1. The number of pyridine rings is 1. The van der Waals surface area contributed by atoms with Crippen molar-refractivity contribution in [3.8, 4) is 0 Å². The molecule has 0 saturated carbocycles. The molecular formula is C8H9N3O. The number of hydrazine groups is 1. The van der Waals surface area contributed by atoms with Crippen LogP contribution < -0.4 is 10.4 Å². The van der Waals surface area contributed by atoms with Gasteiger partial charge in [-0.1, -0.05) is 6.07 Å². The maximum Gasteiger partial charge on any atom is 0.240 e. The van der Waals surface area contributed by atoms with E-state index in [0.717, 1.165) is 5.82 Å². The number of hydrogen-bond acceptors (Lipinski definition) is 3. The van der Waals surface area contributed by atoms with Crippen LogP contribution in [-0.2, 0) is 4.79 Å². The average Bonchev–Trinajstić information content (AvgIpc) is 2.54. The molecule has 1 aliphatic rings. The summed E-state index contributed by atoms with van der Waals surface area (Å²) in [5, 5.41) is 1.75. The second-order valence-electron chi connectivity index (χ2n) is 2.62. The monoisotopic (exact) mass is 163 g/mol. The van der Waals surface area contributed by atoms with Crippen LogP contribution in [0.5, 0.6) is 0 Å². The SMILES string of the molecule is O=C1CCN(c2ccccn2)N1. The van der Waals surface area contributed by atoms with Gasteiger partial charge < -0.3 is 0 Å². The van der Waals surface area contributed by atoms with E-state index in [9.17, 15) is 4.79 Å². The Morgan fingerprint density at radius 2 is 2.42 bits per heavy atom. The van der Waals surface area contributed by atoms with Gasteiger partial charge in [0.25, 0.3) is 0 Å². The maximum absolute atomic E-state index is 10.8. The molecule has 1 amide bonds. The van der Waals surface area contributed by atoms with Crippen molar-refractivity contribution in [3.05, 3.63) is 24.4 Å². The highest BCUT2D eigenvalue weighted by atomic mass is 16.2. The first-order chi connectivity index (χ1) is 5.86. The van der Waals surface area contributed by atoms with E-state index in [1.54, 1.807) is 11.2 Å². The van der Waals surface area contributed by atoms with Gasteiger partial charge in [0.15, 0.2) is 0 Å². The van der Waals surface area contributed by atoms with Crippen molar-refractivity contribution >= 4 is 11.7 Å². The molecule has 2 rings (SSSR count). The van der Waals surface area contributed by atoms with Gasteiger partial charge in [0.05, 0.1) is 0 Å². The van der Waals surface area contributed by atoms with Crippen molar-refractivity contribution < 1.29 is 4.79 Å². The van der Waals surface area contributed by atoms with Crippen LogP contribution in [0.4, 0.5) is 5.82 Å². The van der Waals surface area contributed by atoms with E-state index in [2.05, 4.69) is 10.4 Å². The second-order valence-corrected chi connectivity index (χ2v) is 2.62. The van der Waals surface area contributed by atoms with Gasteiger partial charge >= 0.3 is 0 Å². The Hall–Kier alpha value is -1.58. The van der Waals surface area contributed by atoms with Gasteiger partial charge in [-0.15, -0.1) is 0 Å². The van der Waals surface area contributed by atoms with Gasteiger partial charge in [0.2, 0.25) is 5.91 Å². The summed E-state index contributed by atoms with van der Waals surface area (Å²) in [5.74, 6) is 0.851. The molecule has 62 valence electrons. The van der Waals surface area contributed by atoms with Crippen molar-refractivity contribution in [3.63, 3.8) is 0 Å². The molecule has 0 aliphatic carbocycles. The summed E-state index contributed by atoms with van der Waals surface area (Å²) in [7, 11) is 0. The van der Waals surface area contributed by atoms with Crippen molar-refractivity contribution in [1.29, 1.82) is 0 Å². The van der Waals surface area contributed by atoms with Crippen molar-refractivity contribution in [2.75, 3.05) is 11.6 Å². The fourth-order valence-corrected chi connectivity index (χ4v) is 1.16. The highest BCUT2D eigenvalue weighted by molar-refractivity contribution is 5.81. The number of anilines is 1. The third-order valence-electron chi connectivity index (χ3n) is 1.75. The van der Waals surface area contributed by atoms with E-state index < -0.39 is 0 Å². The average molecular weight is 163 g/mol. The fraction of sp³-hybridized carbons (Fsp3) is 0.250. The van der Waals surface area contributed by atoms with Gasteiger partial charge in [-0.3, -0.25) is 15.2 Å². The van der Waals surface area contributed by atoms with Crippen LogP contribution in [0.1, 0.15) is 6.42 Å². The summed E-state index contributed by atoms with van der Waals surface area (Å²) in [5.41, 5.74) is 2.70. The molecule has 2 heterocycles. The smallest absolute Gasteiger partial charge is 0.240 e. The van der Waals surface area contributed by atoms with E-state index in [1.807, 2.05) is 18.2 Å². The molecule has 0 unspecified atom stereocenters. The van der Waals surface area contributed by atoms with Crippen LogP contribution in [0.25, 0.3) is 0 Å². The normalized spacial score (nSPS) is 16.3. The maximum atomic E-state index is 10.8. The van der Waals surface area contributed by atoms with Crippen LogP contribution in [-0.4, -0.2) is 17.4 Å². The third kappa shape index (κ3) is 1.23. The molecule has 4 heteroatoms. The van der Waals surface area contributed by atoms with Crippen LogP contribution in [0.2, 0.25) is 0 Å². The highest BCUT2D eigenvalue weighted by Gasteiger charge is 2.18. The van der Waals surface area contributed by atoms with Crippen molar-refractivity contribution in [2.24, 2.45) is 0 Å². The lowest BCUT2D eigenvalue weighted by Crippen LogP contribution is -2.33. The molecule has 1 saturated heterocycles. The Morgan fingerprint density at radius 3 is 3.00 bits per heavy atom. The van der Waals surface area contributed by atoms with E-state index >= 15 is 0 Å². The Labute approximate surface area is 70.2 Å². The van der Waals surface area contributed by atoms with Gasteiger partial charge in [-0.2, -0.15) is 0 Å². The quantitative estimate of drug-likeness (QED) is 0.648. The van der Waals surface area contributed by atoms with E-state index in [-0.39, 0.29) is 5.91 Å². The number of amides is 1. The zero-order chi connectivity index (χ0) is 8.39. The summed E-state index contributed by atoms with van der Waals surface area (Å²) in [6.07, 6.45) is 2.26. The first kappa shape index (κ1) is 7.09. The number of nitrogens with zero attached hydrogens (tertiary/aromatic N) is 2. The molecule has 0 atom stereocenters. The minimum absolute atomic E-state index is 0.0562. The molecule has 0 spiro atoms. The molecule has 1 aliphatic heterocycles. The molecule has 1 N–H and O–H groups in total. The molecule has 0 bridgehead atoms. The molecule has 4 nitrogen and oxygen atoms in total. The molecular weight excluding hydrogens is 154 g/mol. The lowest BCUT2D eigenvalue weighted by atomic mass is 10.4. The Bertz CT molecular complexity index is 286. The lowest BCUT2D eigenvalue weighted by Gasteiger charge is -2.14. The lowest BCUT2D eigenvalue weighted by molar-refractivity contribution is -0.119. The largest absolute Gasteiger partial charge is 0.273 e. The molecule has 1 aromatic heterocycles. The van der Waals surface area contributed by atoms with Crippen LogP contribution in [0.3, 0.4) is 0 Å². The van der Waals surface area contributed by atoms with Crippen LogP contribution in [0.15, 0.2) is 24.4 Å². The first-order valence-electron chi connectivity index (χ1n) is 3.84. The Kier molecular flexibility index (Phi) is 1.66. The zero-order valence-electron chi connectivity index (χ0n) is 6.53. The topological polar surface area (TPSA) is 45.2 Å². The van der Waals surface area contributed by atoms with Crippen molar-refractivity contribution in [1.82, 2.24) is 10.4 Å². The molecule has 1 fully saturated rings. The summed E-state index contributed by atoms with van der Waals surface area (Å²) >= 11 is 0. The summed E-state index contributed by atoms with van der Waals surface area (Å²) < 4.78 is 0. The summed E-state index contributed by atoms with van der Waals surface area (Å²) in [6, 6.07) is 5.61. The van der Waals surface area contributed by atoms with Crippen LogP contribution >= 0.6 is 0 Å². The third-order valence-corrected chi connectivity index (χ3v) is 1.75. The second kappa shape index (κ2) is 2.81. The summed E-state index contributed by atoms with van der Waals surface area (Å²) in [6.45, 7) is 0.704. The van der Waals surface area contributed by atoms with E-state index in [4.69, 9.17) is 0 Å². The number of carbonyl (C=O) groups excluding carboxylic acids is 1.